The van der Waals surface area contributed by atoms with Crippen LogP contribution < -0.4 is 0 Å². The molecule has 0 aromatic heterocycles. The highest BCUT2D eigenvalue weighted by atomic mass is 32.2. The molecule has 1 atom stereocenters. The van der Waals surface area contributed by atoms with Crippen LogP contribution in [0.5, 0.6) is 0 Å². The summed E-state index contributed by atoms with van der Waals surface area (Å²) in [4.78, 5) is 15.3. The van der Waals surface area contributed by atoms with Gasteiger partial charge in [-0.05, 0) is 24.0 Å². The monoisotopic (exact) mass is 415 g/mol. The summed E-state index contributed by atoms with van der Waals surface area (Å²) in [6, 6.07) is 19.8. The van der Waals surface area contributed by atoms with Crippen LogP contribution >= 0.6 is 0 Å². The molecule has 156 valence electrons. The average molecular weight is 416 g/mol. The molecule has 2 aromatic carbocycles. The lowest BCUT2D eigenvalue weighted by Crippen LogP contribution is -2.49. The Labute approximate surface area is 173 Å². The molecule has 29 heavy (non-hydrogen) atoms. The topological polar surface area (TPSA) is 60.9 Å². The molecule has 0 saturated carbocycles. The van der Waals surface area contributed by atoms with Crippen molar-refractivity contribution in [2.24, 2.45) is 5.92 Å². The lowest BCUT2D eigenvalue weighted by atomic mass is 9.97. The molecular weight excluding hydrogens is 386 g/mol. The predicted octanol–water partition coefficient (Wildman–Crippen LogP) is 2.73. The van der Waals surface area contributed by atoms with Gasteiger partial charge >= 0.3 is 0 Å². The lowest BCUT2D eigenvalue weighted by Gasteiger charge is -2.35. The van der Waals surface area contributed by atoms with E-state index in [0.717, 1.165) is 11.1 Å². The standard InChI is InChI=1S/C22H29N3O3S/c1-23(2)29(27,28)25-15-9-14-21(18-25)22(26)24(16-19-10-5-3-6-11-19)17-20-12-7-4-8-13-20/h3-8,10-13,21H,9,14-18H2,1-2H3/t21-/m1/s1. The molecule has 3 rings (SSSR count). The second kappa shape index (κ2) is 9.52. The van der Waals surface area contributed by atoms with Crippen LogP contribution in [0.25, 0.3) is 0 Å². The van der Waals surface area contributed by atoms with Gasteiger partial charge in [0.2, 0.25) is 5.91 Å². The summed E-state index contributed by atoms with van der Waals surface area (Å²) in [5.74, 6) is -0.317. The SMILES string of the molecule is CN(C)S(=O)(=O)N1CCC[C@@H](C(=O)N(Cc2ccccc2)Cc2ccccc2)C1. The number of hydrogen-bond acceptors (Lipinski definition) is 3. The fraction of sp³-hybridized carbons (Fsp3) is 0.409. The van der Waals surface area contributed by atoms with Gasteiger partial charge in [-0.25, -0.2) is 0 Å². The van der Waals surface area contributed by atoms with Gasteiger partial charge in [-0.1, -0.05) is 60.7 Å². The van der Waals surface area contributed by atoms with Crippen molar-refractivity contribution < 1.29 is 13.2 Å². The van der Waals surface area contributed by atoms with Gasteiger partial charge in [0.1, 0.15) is 0 Å². The summed E-state index contributed by atoms with van der Waals surface area (Å²) in [7, 11) is -0.463. The molecule has 1 heterocycles. The van der Waals surface area contributed by atoms with Crippen LogP contribution in [0.4, 0.5) is 0 Å². The average Bonchev–Trinajstić information content (AvgIpc) is 2.74. The highest BCUT2D eigenvalue weighted by molar-refractivity contribution is 7.86. The lowest BCUT2D eigenvalue weighted by molar-refractivity contribution is -0.138. The Bertz CT molecular complexity index is 860. The quantitative estimate of drug-likeness (QED) is 0.699. The minimum Gasteiger partial charge on any atom is -0.334 e. The van der Waals surface area contributed by atoms with Gasteiger partial charge in [0.15, 0.2) is 0 Å². The molecule has 1 saturated heterocycles. The minimum atomic E-state index is -3.51. The van der Waals surface area contributed by atoms with Crippen LogP contribution in [0.2, 0.25) is 0 Å². The maximum absolute atomic E-state index is 13.4. The van der Waals surface area contributed by atoms with Crippen LogP contribution in [0.15, 0.2) is 60.7 Å². The van der Waals surface area contributed by atoms with Crippen LogP contribution in [-0.4, -0.2) is 55.0 Å². The van der Waals surface area contributed by atoms with Crippen LogP contribution in [0.1, 0.15) is 24.0 Å². The molecule has 1 aliphatic rings. The van der Waals surface area contributed by atoms with Crippen molar-refractivity contribution in [2.75, 3.05) is 27.2 Å². The van der Waals surface area contributed by atoms with Crippen LogP contribution in [0, 0.1) is 5.92 Å². The third kappa shape index (κ3) is 5.44. The molecular formula is C22H29N3O3S. The van der Waals surface area contributed by atoms with Gasteiger partial charge in [-0.15, -0.1) is 0 Å². The Morgan fingerprint density at radius 1 is 0.966 bits per heavy atom. The maximum Gasteiger partial charge on any atom is 0.281 e. The van der Waals surface area contributed by atoms with Gasteiger partial charge < -0.3 is 4.90 Å². The summed E-state index contributed by atoms with van der Waals surface area (Å²) >= 11 is 0. The van der Waals surface area contributed by atoms with Crippen molar-refractivity contribution in [2.45, 2.75) is 25.9 Å². The van der Waals surface area contributed by atoms with Gasteiger partial charge in [-0.3, -0.25) is 4.79 Å². The first-order valence-corrected chi connectivity index (χ1v) is 11.3. The van der Waals surface area contributed by atoms with Crippen molar-refractivity contribution in [1.29, 1.82) is 0 Å². The van der Waals surface area contributed by atoms with Crippen molar-refractivity contribution >= 4 is 16.1 Å². The van der Waals surface area contributed by atoms with Gasteiger partial charge in [0, 0.05) is 40.3 Å². The predicted molar refractivity (Wildman–Crippen MR) is 114 cm³/mol. The first-order chi connectivity index (χ1) is 13.9. The number of benzene rings is 2. The number of rotatable bonds is 7. The molecule has 2 aromatic rings. The van der Waals surface area contributed by atoms with E-state index >= 15 is 0 Å². The fourth-order valence-electron chi connectivity index (χ4n) is 3.66. The number of amides is 1. The van der Waals surface area contributed by atoms with Gasteiger partial charge in [0.25, 0.3) is 10.2 Å². The van der Waals surface area contributed by atoms with Crippen molar-refractivity contribution in [3.05, 3.63) is 71.8 Å². The Balaban J connectivity index is 1.79. The Morgan fingerprint density at radius 2 is 1.48 bits per heavy atom. The zero-order chi connectivity index (χ0) is 20.9. The van der Waals surface area contributed by atoms with Crippen LogP contribution in [-0.2, 0) is 28.1 Å². The molecule has 1 aliphatic heterocycles. The maximum atomic E-state index is 13.4. The molecule has 0 bridgehead atoms. The molecule has 1 amide bonds. The Morgan fingerprint density at radius 3 is 1.97 bits per heavy atom. The minimum absolute atomic E-state index is 0.0105. The first kappa shape index (κ1) is 21.5. The zero-order valence-corrected chi connectivity index (χ0v) is 17.9. The molecule has 7 heteroatoms. The molecule has 0 spiro atoms. The van der Waals surface area contributed by atoms with Crippen molar-refractivity contribution in [3.8, 4) is 0 Å². The Kier molecular flexibility index (Phi) is 7.05. The number of carbonyl (C=O) groups is 1. The van der Waals surface area contributed by atoms with Gasteiger partial charge in [0.05, 0.1) is 5.92 Å². The highest BCUT2D eigenvalue weighted by Crippen LogP contribution is 2.24. The summed E-state index contributed by atoms with van der Waals surface area (Å²) in [5.41, 5.74) is 2.12. The summed E-state index contributed by atoms with van der Waals surface area (Å²) in [6.45, 7) is 1.71. The normalized spacial score (nSPS) is 18.0. The molecule has 0 radical (unpaired) electrons. The number of piperidine rings is 1. The molecule has 0 N–H and O–H groups in total. The number of hydrogen-bond donors (Lipinski definition) is 0. The van der Waals surface area contributed by atoms with Crippen molar-refractivity contribution in [3.63, 3.8) is 0 Å². The second-order valence-corrected chi connectivity index (χ2v) is 9.80. The molecule has 0 unspecified atom stereocenters. The van der Waals surface area contributed by atoms with Gasteiger partial charge in [-0.2, -0.15) is 17.0 Å². The van der Waals surface area contributed by atoms with E-state index in [1.807, 2.05) is 65.6 Å². The highest BCUT2D eigenvalue weighted by Gasteiger charge is 2.35. The first-order valence-electron chi connectivity index (χ1n) is 9.92. The van der Waals surface area contributed by atoms with Crippen molar-refractivity contribution in [1.82, 2.24) is 13.5 Å². The summed E-state index contributed by atoms with van der Waals surface area (Å²) < 4.78 is 27.7. The van der Waals surface area contributed by atoms with E-state index in [2.05, 4.69) is 0 Å². The third-order valence-corrected chi connectivity index (χ3v) is 7.17. The van der Waals surface area contributed by atoms with E-state index in [-0.39, 0.29) is 18.4 Å². The summed E-state index contributed by atoms with van der Waals surface area (Å²) in [6.07, 6.45) is 1.40. The third-order valence-electron chi connectivity index (χ3n) is 5.27. The fourth-order valence-corrected chi connectivity index (χ4v) is 4.85. The van der Waals surface area contributed by atoms with E-state index in [1.165, 1.54) is 22.7 Å². The number of carbonyl (C=O) groups excluding carboxylic acids is 1. The molecule has 6 nitrogen and oxygen atoms in total. The van der Waals surface area contributed by atoms with E-state index in [9.17, 15) is 13.2 Å². The van der Waals surface area contributed by atoms with Crippen LogP contribution in [0.3, 0.4) is 0 Å². The summed E-state index contributed by atoms with van der Waals surface area (Å²) in [5, 5.41) is 0. The molecule has 1 fully saturated rings. The van der Waals surface area contributed by atoms with E-state index in [0.29, 0.717) is 32.5 Å². The number of nitrogens with zero attached hydrogens (tertiary/aromatic N) is 3. The molecule has 0 aliphatic carbocycles. The van der Waals surface area contributed by atoms with E-state index in [4.69, 9.17) is 0 Å². The van der Waals surface area contributed by atoms with E-state index in [1.54, 1.807) is 0 Å². The largest absolute Gasteiger partial charge is 0.334 e. The van der Waals surface area contributed by atoms with E-state index < -0.39 is 10.2 Å². The smallest absolute Gasteiger partial charge is 0.281 e. The Hall–Kier alpha value is -2.22. The zero-order valence-electron chi connectivity index (χ0n) is 17.1. The second-order valence-electron chi connectivity index (χ2n) is 7.65.